The number of halogens is 2. The number of fused-ring (bicyclic) bond motifs is 2. The Labute approximate surface area is 333 Å². The fourth-order valence-corrected chi connectivity index (χ4v) is 8.50. The Hall–Kier alpha value is -5.54. The SMILES string of the molecule is CNc1nccc(-c2cc3ncn(CCc4ccc(C)cc4Cl)c(=O)c3s2)n1.Cc1ccc(CCn2cnc3cc(-c4ccnc(N)n4)sc3c2=O)c(Cl)c1. The van der Waals surface area contributed by atoms with Gasteiger partial charge in [0.05, 0.1) is 44.8 Å². The normalized spacial score (nSPS) is 11.1. The molecule has 2 aromatic carbocycles. The summed E-state index contributed by atoms with van der Waals surface area (Å²) in [6.07, 6.45) is 7.79. The van der Waals surface area contributed by atoms with E-state index in [2.05, 4.69) is 35.2 Å². The highest BCUT2D eigenvalue weighted by atomic mass is 35.5. The van der Waals surface area contributed by atoms with Crippen LogP contribution in [0.2, 0.25) is 10.0 Å². The second kappa shape index (κ2) is 16.4. The lowest BCUT2D eigenvalue weighted by atomic mass is 10.1. The maximum absolute atomic E-state index is 12.9. The zero-order valence-electron chi connectivity index (χ0n) is 30.0. The largest absolute Gasteiger partial charge is 0.368 e. The molecule has 0 atom stereocenters. The number of nitrogens with zero attached hydrogens (tertiary/aromatic N) is 8. The summed E-state index contributed by atoms with van der Waals surface area (Å²) in [5.41, 5.74) is 12.6. The van der Waals surface area contributed by atoms with Gasteiger partial charge in [-0.05, 0) is 85.3 Å². The van der Waals surface area contributed by atoms with Crippen LogP contribution >= 0.6 is 45.9 Å². The third-order valence-corrected chi connectivity index (χ3v) is 11.7. The molecular formula is C39H34Cl2N10O2S2. The molecule has 12 nitrogen and oxygen atoms in total. The number of hydrogen-bond donors (Lipinski definition) is 2. The van der Waals surface area contributed by atoms with Gasteiger partial charge in [-0.25, -0.2) is 29.9 Å². The van der Waals surface area contributed by atoms with Gasteiger partial charge in [-0.15, -0.1) is 22.7 Å². The first kappa shape index (κ1) is 37.8. The number of aryl methyl sites for hydroxylation is 6. The van der Waals surface area contributed by atoms with Gasteiger partial charge in [0, 0.05) is 42.6 Å². The summed E-state index contributed by atoms with van der Waals surface area (Å²) >= 11 is 15.4. The van der Waals surface area contributed by atoms with Crippen LogP contribution in [0.5, 0.6) is 0 Å². The van der Waals surface area contributed by atoms with Crippen LogP contribution in [-0.4, -0.2) is 46.1 Å². The number of nitrogens with two attached hydrogens (primary N) is 1. The van der Waals surface area contributed by atoms with Crippen molar-refractivity contribution in [1.82, 2.24) is 39.0 Å². The number of benzene rings is 2. The van der Waals surface area contributed by atoms with Crippen molar-refractivity contribution in [2.24, 2.45) is 0 Å². The van der Waals surface area contributed by atoms with E-state index in [-0.39, 0.29) is 17.1 Å². The van der Waals surface area contributed by atoms with Crippen LogP contribution in [0, 0.1) is 13.8 Å². The maximum atomic E-state index is 12.9. The number of nitrogens with one attached hydrogen (secondary N) is 1. The van der Waals surface area contributed by atoms with Crippen LogP contribution in [0.3, 0.4) is 0 Å². The van der Waals surface area contributed by atoms with Gasteiger partial charge in [0.2, 0.25) is 11.9 Å². The Morgan fingerprint density at radius 2 is 1.16 bits per heavy atom. The summed E-state index contributed by atoms with van der Waals surface area (Å²) < 4.78 is 4.47. The third-order valence-electron chi connectivity index (χ3n) is 8.73. The highest BCUT2D eigenvalue weighted by molar-refractivity contribution is 7.22. The second-order valence-electron chi connectivity index (χ2n) is 12.6. The minimum atomic E-state index is -0.0680. The molecule has 0 bridgehead atoms. The monoisotopic (exact) mass is 808 g/mol. The molecule has 0 spiro atoms. The zero-order chi connectivity index (χ0) is 38.6. The topological polar surface area (TPSA) is 159 Å². The number of aromatic nitrogens is 8. The molecule has 16 heteroatoms. The van der Waals surface area contributed by atoms with Crippen LogP contribution in [0.15, 0.2) is 95.3 Å². The first-order chi connectivity index (χ1) is 26.6. The van der Waals surface area contributed by atoms with E-state index < -0.39 is 0 Å². The quantitative estimate of drug-likeness (QED) is 0.147. The molecule has 3 N–H and O–H groups in total. The molecule has 0 aliphatic heterocycles. The molecule has 0 amide bonds. The summed E-state index contributed by atoms with van der Waals surface area (Å²) in [5.74, 6) is 0.737. The highest BCUT2D eigenvalue weighted by Gasteiger charge is 2.14. The standard InChI is InChI=1S/C20H18ClN5OS.C19H16ClN5OS/c1-12-3-4-13(14(21)9-12)6-8-26-11-24-16-10-17(28-18(16)19(26)27)15-5-7-23-20(22-2)25-15;1-11-2-3-12(13(20)8-11)5-7-25-10-23-15-9-16(27-17(15)18(25)26)14-4-6-22-19(21)24-14/h3-5,7,9-11H,6,8H2,1-2H3,(H,22,23,25);2-4,6,8-10H,5,7H2,1H3,(H2,21,22,24). The molecule has 278 valence electrons. The lowest BCUT2D eigenvalue weighted by Crippen LogP contribution is -2.20. The molecule has 0 fully saturated rings. The predicted molar refractivity (Wildman–Crippen MR) is 224 cm³/mol. The molecule has 0 radical (unpaired) electrons. The summed E-state index contributed by atoms with van der Waals surface area (Å²) in [4.78, 5) is 53.0. The summed E-state index contributed by atoms with van der Waals surface area (Å²) in [5, 5.41) is 4.37. The molecule has 0 saturated heterocycles. The van der Waals surface area contributed by atoms with Crippen molar-refractivity contribution >= 4 is 78.2 Å². The fraction of sp³-hybridized carbons (Fsp3) is 0.179. The molecule has 0 saturated carbocycles. The maximum Gasteiger partial charge on any atom is 0.271 e. The molecule has 0 aliphatic carbocycles. The first-order valence-electron chi connectivity index (χ1n) is 17.1. The van der Waals surface area contributed by atoms with Gasteiger partial charge in [-0.3, -0.25) is 18.7 Å². The van der Waals surface area contributed by atoms with E-state index in [0.717, 1.165) is 47.7 Å². The lowest BCUT2D eigenvalue weighted by molar-refractivity contribution is 0.663. The third kappa shape index (κ3) is 8.57. The molecule has 0 aliphatic rings. The Morgan fingerprint density at radius 3 is 1.64 bits per heavy atom. The van der Waals surface area contributed by atoms with Crippen LogP contribution in [-0.2, 0) is 25.9 Å². The number of rotatable bonds is 9. The van der Waals surface area contributed by atoms with Crippen LogP contribution in [0.1, 0.15) is 22.3 Å². The van der Waals surface area contributed by atoms with Crippen molar-refractivity contribution < 1.29 is 0 Å². The molecular weight excluding hydrogens is 776 g/mol. The second-order valence-corrected chi connectivity index (χ2v) is 15.6. The van der Waals surface area contributed by atoms with Gasteiger partial charge >= 0.3 is 0 Å². The van der Waals surface area contributed by atoms with Crippen molar-refractivity contribution in [1.29, 1.82) is 0 Å². The van der Waals surface area contributed by atoms with Gasteiger partial charge in [-0.2, -0.15) is 0 Å². The molecule has 55 heavy (non-hydrogen) atoms. The average molecular weight is 810 g/mol. The fourth-order valence-electron chi connectivity index (χ4n) is 5.78. The Kier molecular flexibility index (Phi) is 11.3. The van der Waals surface area contributed by atoms with Gasteiger partial charge in [0.1, 0.15) is 9.40 Å². The van der Waals surface area contributed by atoms with Crippen molar-refractivity contribution in [3.05, 3.63) is 139 Å². The number of nitrogen functional groups attached to an aromatic ring is 1. The van der Waals surface area contributed by atoms with E-state index >= 15 is 0 Å². The van der Waals surface area contributed by atoms with Crippen LogP contribution in [0.25, 0.3) is 41.6 Å². The number of thiophene rings is 2. The van der Waals surface area contributed by atoms with E-state index in [9.17, 15) is 9.59 Å². The molecule has 0 unspecified atom stereocenters. The number of anilines is 2. The van der Waals surface area contributed by atoms with E-state index in [4.69, 9.17) is 28.9 Å². The minimum Gasteiger partial charge on any atom is -0.368 e. The summed E-state index contributed by atoms with van der Waals surface area (Å²) in [6, 6.07) is 19.2. The molecule has 8 aromatic rings. The van der Waals surface area contributed by atoms with E-state index in [1.54, 1.807) is 47.3 Å². The number of hydrogen-bond acceptors (Lipinski definition) is 12. The van der Waals surface area contributed by atoms with E-state index in [1.807, 2.05) is 68.4 Å². The highest BCUT2D eigenvalue weighted by Crippen LogP contribution is 2.31. The minimum absolute atomic E-state index is 0.0487. The predicted octanol–water partition coefficient (Wildman–Crippen LogP) is 7.86. The van der Waals surface area contributed by atoms with Gasteiger partial charge in [0.25, 0.3) is 11.1 Å². The van der Waals surface area contributed by atoms with Gasteiger partial charge in [-0.1, -0.05) is 47.5 Å². The van der Waals surface area contributed by atoms with Crippen LogP contribution in [0.4, 0.5) is 11.9 Å². The molecule has 8 rings (SSSR count). The Balaban J connectivity index is 0.000000169. The van der Waals surface area contributed by atoms with Crippen molar-refractivity contribution in [2.45, 2.75) is 39.8 Å². The smallest absolute Gasteiger partial charge is 0.271 e. The first-order valence-corrected chi connectivity index (χ1v) is 19.5. The van der Waals surface area contributed by atoms with Gasteiger partial charge in [0.15, 0.2) is 0 Å². The van der Waals surface area contributed by atoms with E-state index in [1.165, 1.54) is 22.7 Å². The molecule has 6 heterocycles. The van der Waals surface area contributed by atoms with Crippen LogP contribution < -0.4 is 22.2 Å². The summed E-state index contributed by atoms with van der Waals surface area (Å²) in [6.45, 7) is 5.04. The lowest BCUT2D eigenvalue weighted by Gasteiger charge is -2.07. The van der Waals surface area contributed by atoms with Gasteiger partial charge < -0.3 is 11.1 Å². The van der Waals surface area contributed by atoms with Crippen molar-refractivity contribution in [3.8, 4) is 21.1 Å². The van der Waals surface area contributed by atoms with E-state index in [0.29, 0.717) is 58.0 Å². The summed E-state index contributed by atoms with van der Waals surface area (Å²) in [7, 11) is 1.77. The molecule has 6 aromatic heterocycles. The van der Waals surface area contributed by atoms with Crippen molar-refractivity contribution in [3.63, 3.8) is 0 Å². The van der Waals surface area contributed by atoms with Crippen molar-refractivity contribution in [2.75, 3.05) is 18.1 Å². The Bertz CT molecular complexity index is 2800. The average Bonchev–Trinajstić information content (AvgIpc) is 3.82. The Morgan fingerprint density at radius 1 is 0.673 bits per heavy atom. The zero-order valence-corrected chi connectivity index (χ0v) is 33.1.